The SMILES string of the molecule is CCC(=O)c1ccccc1N1CCCC1C. The minimum absolute atomic E-state index is 0.245. The molecule has 86 valence electrons. The van der Waals surface area contributed by atoms with Crippen molar-refractivity contribution in [3.8, 4) is 0 Å². The second-order valence-electron chi connectivity index (χ2n) is 4.48. The predicted molar refractivity (Wildman–Crippen MR) is 67.1 cm³/mol. The van der Waals surface area contributed by atoms with E-state index >= 15 is 0 Å². The lowest BCUT2D eigenvalue weighted by molar-refractivity contribution is 0.0988. The van der Waals surface area contributed by atoms with Crippen molar-refractivity contribution in [1.82, 2.24) is 0 Å². The second kappa shape index (κ2) is 4.69. The van der Waals surface area contributed by atoms with Crippen molar-refractivity contribution in [2.75, 3.05) is 11.4 Å². The Bertz CT molecular complexity index is 386. The van der Waals surface area contributed by atoms with Crippen LogP contribution >= 0.6 is 0 Å². The fourth-order valence-corrected chi connectivity index (χ4v) is 2.44. The Kier molecular flexibility index (Phi) is 3.28. The van der Waals surface area contributed by atoms with E-state index in [1.54, 1.807) is 0 Å². The minimum atomic E-state index is 0.245. The number of hydrogen-bond donors (Lipinski definition) is 0. The molecule has 0 N–H and O–H groups in total. The third kappa shape index (κ3) is 1.97. The summed E-state index contributed by atoms with van der Waals surface area (Å²) in [6.07, 6.45) is 3.05. The predicted octanol–water partition coefficient (Wildman–Crippen LogP) is 3.27. The third-order valence-corrected chi connectivity index (χ3v) is 3.39. The molecule has 0 saturated carbocycles. The van der Waals surface area contributed by atoms with Crippen molar-refractivity contribution in [2.24, 2.45) is 0 Å². The molecule has 16 heavy (non-hydrogen) atoms. The molecular formula is C14H19NO. The lowest BCUT2D eigenvalue weighted by atomic mass is 10.1. The molecule has 0 spiro atoms. The summed E-state index contributed by atoms with van der Waals surface area (Å²) in [4.78, 5) is 14.2. The Hall–Kier alpha value is -1.31. The van der Waals surface area contributed by atoms with Crippen LogP contribution in [0.5, 0.6) is 0 Å². The van der Waals surface area contributed by atoms with E-state index in [9.17, 15) is 4.79 Å². The highest BCUT2D eigenvalue weighted by Crippen LogP contribution is 2.29. The number of Topliss-reactive ketones (excluding diaryl/α,β-unsaturated/α-hetero) is 1. The highest BCUT2D eigenvalue weighted by atomic mass is 16.1. The zero-order valence-electron chi connectivity index (χ0n) is 10.1. The summed E-state index contributed by atoms with van der Waals surface area (Å²) in [5, 5.41) is 0. The average Bonchev–Trinajstić information content (AvgIpc) is 2.74. The minimum Gasteiger partial charge on any atom is -0.368 e. The van der Waals surface area contributed by atoms with Gasteiger partial charge in [-0.25, -0.2) is 0 Å². The van der Waals surface area contributed by atoms with E-state index in [1.165, 1.54) is 12.8 Å². The molecule has 2 heteroatoms. The van der Waals surface area contributed by atoms with Crippen LogP contribution in [0.3, 0.4) is 0 Å². The Labute approximate surface area is 97.3 Å². The number of benzene rings is 1. The van der Waals surface area contributed by atoms with Crippen LogP contribution in [0.1, 0.15) is 43.5 Å². The van der Waals surface area contributed by atoms with E-state index in [0.29, 0.717) is 12.5 Å². The quantitative estimate of drug-likeness (QED) is 0.724. The van der Waals surface area contributed by atoms with Gasteiger partial charge in [-0.05, 0) is 31.9 Å². The summed E-state index contributed by atoms with van der Waals surface area (Å²) < 4.78 is 0. The van der Waals surface area contributed by atoms with E-state index in [1.807, 2.05) is 25.1 Å². The molecule has 2 nitrogen and oxygen atoms in total. The summed E-state index contributed by atoms with van der Waals surface area (Å²) in [6, 6.07) is 8.56. The number of carbonyl (C=O) groups is 1. The van der Waals surface area contributed by atoms with Crippen LogP contribution in [0.4, 0.5) is 5.69 Å². The molecule has 0 bridgehead atoms. The highest BCUT2D eigenvalue weighted by molar-refractivity contribution is 6.01. The number of para-hydroxylation sites is 1. The number of anilines is 1. The van der Waals surface area contributed by atoms with Crippen LogP contribution in [0.15, 0.2) is 24.3 Å². The first kappa shape index (κ1) is 11.2. The fourth-order valence-electron chi connectivity index (χ4n) is 2.44. The summed E-state index contributed by atoms with van der Waals surface area (Å²) in [5.41, 5.74) is 2.01. The van der Waals surface area contributed by atoms with Crippen LogP contribution in [-0.4, -0.2) is 18.4 Å². The van der Waals surface area contributed by atoms with Gasteiger partial charge < -0.3 is 4.90 Å². The van der Waals surface area contributed by atoms with Gasteiger partial charge in [0, 0.05) is 30.3 Å². The van der Waals surface area contributed by atoms with Gasteiger partial charge in [-0.3, -0.25) is 4.79 Å². The zero-order valence-corrected chi connectivity index (χ0v) is 10.1. The maximum Gasteiger partial charge on any atom is 0.164 e. The van der Waals surface area contributed by atoms with Gasteiger partial charge >= 0.3 is 0 Å². The van der Waals surface area contributed by atoms with Crippen molar-refractivity contribution in [3.05, 3.63) is 29.8 Å². The van der Waals surface area contributed by atoms with Gasteiger partial charge in [-0.1, -0.05) is 19.1 Å². The normalized spacial score (nSPS) is 20.1. The molecular weight excluding hydrogens is 198 g/mol. The number of hydrogen-bond acceptors (Lipinski definition) is 2. The van der Waals surface area contributed by atoms with Crippen molar-refractivity contribution in [3.63, 3.8) is 0 Å². The number of ketones is 1. The average molecular weight is 217 g/mol. The first-order valence-corrected chi connectivity index (χ1v) is 6.13. The molecule has 0 amide bonds. The smallest absolute Gasteiger partial charge is 0.164 e. The molecule has 1 aliphatic rings. The van der Waals surface area contributed by atoms with E-state index in [-0.39, 0.29) is 5.78 Å². The number of rotatable bonds is 3. The van der Waals surface area contributed by atoms with E-state index < -0.39 is 0 Å². The van der Waals surface area contributed by atoms with Gasteiger partial charge in [0.1, 0.15) is 0 Å². The molecule has 1 atom stereocenters. The first-order chi connectivity index (χ1) is 7.74. The van der Waals surface area contributed by atoms with Crippen molar-refractivity contribution in [2.45, 2.75) is 39.2 Å². The summed E-state index contributed by atoms with van der Waals surface area (Å²) in [6.45, 7) is 5.24. The van der Waals surface area contributed by atoms with Crippen LogP contribution in [0, 0.1) is 0 Å². The van der Waals surface area contributed by atoms with Gasteiger partial charge in [-0.2, -0.15) is 0 Å². The second-order valence-corrected chi connectivity index (χ2v) is 4.48. The molecule has 0 radical (unpaired) electrons. The third-order valence-electron chi connectivity index (χ3n) is 3.39. The highest BCUT2D eigenvalue weighted by Gasteiger charge is 2.23. The van der Waals surface area contributed by atoms with E-state index in [4.69, 9.17) is 0 Å². The van der Waals surface area contributed by atoms with E-state index in [2.05, 4.69) is 17.9 Å². The Morgan fingerprint density at radius 3 is 2.81 bits per heavy atom. The lowest BCUT2D eigenvalue weighted by Crippen LogP contribution is -2.27. The zero-order chi connectivity index (χ0) is 11.5. The summed E-state index contributed by atoms with van der Waals surface area (Å²) in [7, 11) is 0. The molecule has 1 saturated heterocycles. The molecule has 0 aliphatic carbocycles. The summed E-state index contributed by atoms with van der Waals surface area (Å²) in [5.74, 6) is 0.245. The molecule has 2 rings (SSSR count). The van der Waals surface area contributed by atoms with Crippen molar-refractivity contribution < 1.29 is 4.79 Å². The topological polar surface area (TPSA) is 20.3 Å². The van der Waals surface area contributed by atoms with Crippen LogP contribution in [0.25, 0.3) is 0 Å². The van der Waals surface area contributed by atoms with Gasteiger partial charge in [-0.15, -0.1) is 0 Å². The maximum absolute atomic E-state index is 11.9. The Morgan fingerprint density at radius 2 is 2.19 bits per heavy atom. The van der Waals surface area contributed by atoms with Crippen LogP contribution in [-0.2, 0) is 0 Å². The van der Waals surface area contributed by atoms with Crippen LogP contribution < -0.4 is 4.90 Å². The molecule has 1 heterocycles. The van der Waals surface area contributed by atoms with Crippen molar-refractivity contribution in [1.29, 1.82) is 0 Å². The molecule has 1 fully saturated rings. The molecule has 1 aromatic carbocycles. The van der Waals surface area contributed by atoms with Crippen molar-refractivity contribution >= 4 is 11.5 Å². The maximum atomic E-state index is 11.9. The standard InChI is InChI=1S/C14H19NO/c1-3-14(16)12-8-4-5-9-13(12)15-10-6-7-11(15)2/h4-5,8-9,11H,3,6-7,10H2,1-2H3. The molecule has 1 aromatic rings. The largest absolute Gasteiger partial charge is 0.368 e. The number of nitrogens with zero attached hydrogens (tertiary/aromatic N) is 1. The van der Waals surface area contributed by atoms with Gasteiger partial charge in [0.2, 0.25) is 0 Å². The monoisotopic (exact) mass is 217 g/mol. The van der Waals surface area contributed by atoms with Crippen LogP contribution in [0.2, 0.25) is 0 Å². The van der Waals surface area contributed by atoms with E-state index in [0.717, 1.165) is 17.8 Å². The Balaban J connectivity index is 2.36. The van der Waals surface area contributed by atoms with Gasteiger partial charge in [0.25, 0.3) is 0 Å². The molecule has 1 aliphatic heterocycles. The molecule has 0 aromatic heterocycles. The Morgan fingerprint density at radius 1 is 1.44 bits per heavy atom. The van der Waals surface area contributed by atoms with Gasteiger partial charge in [0.05, 0.1) is 0 Å². The lowest BCUT2D eigenvalue weighted by Gasteiger charge is -2.25. The first-order valence-electron chi connectivity index (χ1n) is 6.13. The van der Waals surface area contributed by atoms with Gasteiger partial charge in [0.15, 0.2) is 5.78 Å². The molecule has 1 unspecified atom stereocenters. The fraction of sp³-hybridized carbons (Fsp3) is 0.500. The number of carbonyl (C=O) groups excluding carboxylic acids is 1. The summed E-state index contributed by atoms with van der Waals surface area (Å²) >= 11 is 0.